The first-order chi connectivity index (χ1) is 9.34. The Balaban J connectivity index is 2.81. The third-order valence-electron chi connectivity index (χ3n) is 3.12. The van der Waals surface area contributed by atoms with E-state index in [9.17, 15) is 16.8 Å². The van der Waals surface area contributed by atoms with Gasteiger partial charge in [-0.05, 0) is 32.9 Å². The van der Waals surface area contributed by atoms with Gasteiger partial charge in [-0.3, -0.25) is 0 Å². The number of fused-ring (bicyclic) bond motifs is 1. The molecule has 7 nitrogen and oxygen atoms in total. The predicted octanol–water partition coefficient (Wildman–Crippen LogP) is 0.842. The van der Waals surface area contributed by atoms with Gasteiger partial charge in [0, 0.05) is 5.54 Å². The summed E-state index contributed by atoms with van der Waals surface area (Å²) in [7, 11) is -7.92. The number of nitrogens with two attached hydrogens (primary N) is 1. The van der Waals surface area contributed by atoms with Gasteiger partial charge in [0.25, 0.3) is 0 Å². The average Bonchev–Trinajstić information content (AvgIpc) is 2.24. The summed E-state index contributed by atoms with van der Waals surface area (Å²) >= 11 is 5.95. The van der Waals surface area contributed by atoms with Crippen LogP contribution in [0.15, 0.2) is 21.9 Å². The van der Waals surface area contributed by atoms with E-state index in [4.69, 9.17) is 16.7 Å². The summed E-state index contributed by atoms with van der Waals surface area (Å²) in [6.45, 7) is 5.78. The highest BCUT2D eigenvalue weighted by molar-refractivity contribution is 7.90. The minimum absolute atomic E-state index is 0.0733. The van der Waals surface area contributed by atoms with E-state index in [-0.39, 0.29) is 22.1 Å². The molecule has 0 aromatic heterocycles. The van der Waals surface area contributed by atoms with Crippen LogP contribution < -0.4 is 14.8 Å². The molecule has 1 aliphatic rings. The van der Waals surface area contributed by atoms with E-state index in [0.717, 1.165) is 6.07 Å². The molecule has 0 bridgehead atoms. The summed E-state index contributed by atoms with van der Waals surface area (Å²) in [6, 6.07) is 2.31. The van der Waals surface area contributed by atoms with Crippen molar-refractivity contribution < 1.29 is 16.8 Å². The quantitative estimate of drug-likeness (QED) is 0.777. The Morgan fingerprint density at radius 2 is 1.90 bits per heavy atom. The molecule has 1 aromatic rings. The molecule has 0 fully saturated rings. The van der Waals surface area contributed by atoms with Crippen molar-refractivity contribution in [3.05, 3.63) is 17.2 Å². The van der Waals surface area contributed by atoms with Crippen LogP contribution >= 0.6 is 11.6 Å². The van der Waals surface area contributed by atoms with Crippen molar-refractivity contribution in [1.82, 2.24) is 4.72 Å². The molecule has 2 rings (SSSR count). The van der Waals surface area contributed by atoms with Crippen molar-refractivity contribution >= 4 is 37.3 Å². The van der Waals surface area contributed by atoms with E-state index in [2.05, 4.69) is 4.72 Å². The number of halogens is 1. The van der Waals surface area contributed by atoms with Crippen molar-refractivity contribution in [3.63, 3.8) is 0 Å². The molecule has 0 amide bonds. The molecule has 1 heterocycles. The largest absolute Gasteiger partial charge is 0.352 e. The van der Waals surface area contributed by atoms with Crippen molar-refractivity contribution in [2.24, 2.45) is 5.14 Å². The van der Waals surface area contributed by atoms with Gasteiger partial charge in [-0.25, -0.2) is 22.0 Å². The second kappa shape index (κ2) is 4.82. The van der Waals surface area contributed by atoms with Gasteiger partial charge in [0.1, 0.15) is 9.79 Å². The first-order valence-corrected chi connectivity index (χ1v) is 9.38. The van der Waals surface area contributed by atoms with E-state index >= 15 is 0 Å². The Kier molecular flexibility index (Phi) is 3.78. The third-order valence-corrected chi connectivity index (χ3v) is 5.91. The lowest BCUT2D eigenvalue weighted by Crippen LogP contribution is -2.51. The Morgan fingerprint density at radius 3 is 2.38 bits per heavy atom. The zero-order valence-electron chi connectivity index (χ0n) is 11.7. The van der Waals surface area contributed by atoms with Gasteiger partial charge in [0.2, 0.25) is 20.0 Å². The minimum Gasteiger partial charge on any atom is -0.352 e. The minimum atomic E-state index is -4.11. The summed E-state index contributed by atoms with van der Waals surface area (Å²) in [5.41, 5.74) is -0.0388. The van der Waals surface area contributed by atoms with Crippen LogP contribution in [0.3, 0.4) is 0 Å². The molecule has 1 aromatic carbocycles. The van der Waals surface area contributed by atoms with Crippen LogP contribution in [0.25, 0.3) is 0 Å². The van der Waals surface area contributed by atoms with Crippen LogP contribution in [0.5, 0.6) is 0 Å². The van der Waals surface area contributed by atoms with Crippen LogP contribution in [-0.4, -0.2) is 29.0 Å². The van der Waals surface area contributed by atoms with E-state index in [1.807, 2.05) is 20.8 Å². The predicted molar refractivity (Wildman–Crippen MR) is 80.2 cm³/mol. The third kappa shape index (κ3) is 3.02. The molecule has 0 atom stereocenters. The summed E-state index contributed by atoms with van der Waals surface area (Å²) in [5, 5.41) is 4.95. The molecule has 118 valence electrons. The number of anilines is 1. The first-order valence-electron chi connectivity index (χ1n) is 5.98. The monoisotopic (exact) mass is 353 g/mol. The van der Waals surface area contributed by atoms with E-state index in [1.54, 1.807) is 4.90 Å². The van der Waals surface area contributed by atoms with Crippen LogP contribution in [0.1, 0.15) is 20.8 Å². The van der Waals surface area contributed by atoms with Crippen LogP contribution in [-0.2, 0) is 20.0 Å². The molecule has 0 spiro atoms. The molecule has 10 heteroatoms. The maximum Gasteiger partial charge on any atom is 0.244 e. The summed E-state index contributed by atoms with van der Waals surface area (Å²) in [5.74, 6) is 0. The number of hydrogen-bond acceptors (Lipinski definition) is 5. The van der Waals surface area contributed by atoms with Crippen LogP contribution in [0, 0.1) is 0 Å². The van der Waals surface area contributed by atoms with Crippen molar-refractivity contribution in [2.75, 3.05) is 11.6 Å². The summed E-state index contributed by atoms with van der Waals surface area (Å²) in [4.78, 5) is 1.21. The number of rotatable bonds is 1. The fourth-order valence-corrected chi connectivity index (χ4v) is 4.42. The second-order valence-electron chi connectivity index (χ2n) is 5.70. The molecular weight excluding hydrogens is 338 g/mol. The molecule has 0 unspecified atom stereocenters. The molecule has 0 aliphatic carbocycles. The van der Waals surface area contributed by atoms with Gasteiger partial charge in [0.05, 0.1) is 17.4 Å². The lowest BCUT2D eigenvalue weighted by atomic mass is 10.1. The topological polar surface area (TPSA) is 110 Å². The Morgan fingerprint density at radius 1 is 1.33 bits per heavy atom. The number of primary sulfonamides is 1. The molecule has 0 saturated carbocycles. The summed E-state index contributed by atoms with van der Waals surface area (Å²) in [6.07, 6.45) is 0. The van der Waals surface area contributed by atoms with E-state index < -0.39 is 24.9 Å². The van der Waals surface area contributed by atoms with E-state index in [1.165, 1.54) is 6.07 Å². The highest BCUT2D eigenvalue weighted by Crippen LogP contribution is 2.38. The Bertz CT molecular complexity index is 797. The molecule has 3 N–H and O–H groups in total. The zero-order chi connectivity index (χ0) is 16.2. The second-order valence-corrected chi connectivity index (χ2v) is 9.37. The van der Waals surface area contributed by atoms with E-state index in [0.29, 0.717) is 5.69 Å². The van der Waals surface area contributed by atoms with Gasteiger partial charge in [0.15, 0.2) is 0 Å². The lowest BCUT2D eigenvalue weighted by Gasteiger charge is -2.41. The molecular formula is C11H16ClN3O4S2. The van der Waals surface area contributed by atoms with Gasteiger partial charge in [-0.15, -0.1) is 0 Å². The van der Waals surface area contributed by atoms with Crippen LogP contribution in [0.2, 0.25) is 5.02 Å². The highest BCUT2D eigenvalue weighted by Gasteiger charge is 2.35. The average molecular weight is 354 g/mol. The molecule has 21 heavy (non-hydrogen) atoms. The molecule has 0 radical (unpaired) electrons. The van der Waals surface area contributed by atoms with Gasteiger partial charge >= 0.3 is 0 Å². The fourth-order valence-electron chi connectivity index (χ4n) is 2.08. The molecule has 1 aliphatic heterocycles. The standard InChI is InChI=1S/C11H16ClN3O4S2/c1-11(2,3)15-6-14-21(18,19)10-5-9(20(13,16)17)7(12)4-8(10)15/h4-5,14H,6H2,1-3H3,(H2,13,16,17). The van der Waals surface area contributed by atoms with Crippen molar-refractivity contribution in [1.29, 1.82) is 0 Å². The number of nitrogens with one attached hydrogen (secondary N) is 1. The van der Waals surface area contributed by atoms with Gasteiger partial charge < -0.3 is 4.90 Å². The lowest BCUT2D eigenvalue weighted by molar-refractivity contribution is 0.481. The van der Waals surface area contributed by atoms with Gasteiger partial charge in [-0.2, -0.15) is 4.72 Å². The SMILES string of the molecule is CC(C)(C)N1CNS(=O)(=O)c2cc(S(N)(=O)=O)c(Cl)cc21. The number of hydrogen-bond donors (Lipinski definition) is 2. The maximum atomic E-state index is 12.1. The molecule has 0 saturated heterocycles. The zero-order valence-corrected chi connectivity index (χ0v) is 14.1. The van der Waals surface area contributed by atoms with Crippen molar-refractivity contribution in [2.45, 2.75) is 36.1 Å². The number of benzene rings is 1. The Labute approximate surface area is 129 Å². The van der Waals surface area contributed by atoms with Gasteiger partial charge in [-0.1, -0.05) is 11.6 Å². The van der Waals surface area contributed by atoms with Crippen molar-refractivity contribution in [3.8, 4) is 0 Å². The normalized spacial score (nSPS) is 18.4. The fraction of sp³-hybridized carbons (Fsp3) is 0.455. The highest BCUT2D eigenvalue weighted by atomic mass is 35.5. The number of sulfonamides is 2. The first kappa shape index (κ1) is 16.5. The smallest absolute Gasteiger partial charge is 0.244 e. The Hall–Kier alpha value is -0.870. The number of nitrogens with zero attached hydrogens (tertiary/aromatic N) is 1. The summed E-state index contributed by atoms with van der Waals surface area (Å²) < 4.78 is 49.6. The van der Waals surface area contributed by atoms with Crippen LogP contribution in [0.4, 0.5) is 5.69 Å². The maximum absolute atomic E-state index is 12.1.